The monoisotopic (exact) mass is 274 g/mol. The smallest absolute Gasteiger partial charge is 0.0236 e. The van der Waals surface area contributed by atoms with Gasteiger partial charge in [-0.05, 0) is 38.2 Å². The summed E-state index contributed by atoms with van der Waals surface area (Å²) in [6.07, 6.45) is 2.43. The third-order valence-corrected chi connectivity index (χ3v) is 4.27. The number of piperazine rings is 1. The van der Waals surface area contributed by atoms with Crippen molar-refractivity contribution >= 4 is 0 Å². The molecule has 0 aromatic heterocycles. The van der Waals surface area contributed by atoms with Gasteiger partial charge in [0.05, 0.1) is 0 Å². The first-order chi connectivity index (χ1) is 9.56. The Morgan fingerprint density at radius 3 is 2.45 bits per heavy atom. The van der Waals surface area contributed by atoms with E-state index in [0.29, 0.717) is 18.1 Å². The van der Waals surface area contributed by atoms with Gasteiger partial charge in [-0.2, -0.15) is 0 Å². The minimum absolute atomic E-state index is 0.586. The van der Waals surface area contributed by atoms with Crippen molar-refractivity contribution in [1.82, 2.24) is 10.2 Å². The van der Waals surface area contributed by atoms with Gasteiger partial charge < -0.3 is 5.32 Å². The molecule has 2 atom stereocenters. The number of rotatable bonds is 5. The van der Waals surface area contributed by atoms with Crippen molar-refractivity contribution in [2.45, 2.75) is 58.7 Å². The molecule has 0 amide bonds. The molecular weight excluding hydrogens is 244 g/mol. The largest absolute Gasteiger partial charge is 0.311 e. The van der Waals surface area contributed by atoms with Crippen LogP contribution in [-0.2, 0) is 6.42 Å². The van der Waals surface area contributed by atoms with Gasteiger partial charge in [-0.15, -0.1) is 0 Å². The molecule has 20 heavy (non-hydrogen) atoms. The van der Waals surface area contributed by atoms with E-state index >= 15 is 0 Å². The van der Waals surface area contributed by atoms with Crippen LogP contribution in [0, 0.1) is 5.92 Å². The van der Waals surface area contributed by atoms with Crippen LogP contribution < -0.4 is 5.32 Å². The highest BCUT2D eigenvalue weighted by Gasteiger charge is 2.29. The zero-order chi connectivity index (χ0) is 14.5. The first-order valence-electron chi connectivity index (χ1n) is 8.09. The highest BCUT2D eigenvalue weighted by molar-refractivity contribution is 5.16. The number of benzene rings is 1. The number of nitrogens with zero attached hydrogens (tertiary/aromatic N) is 1. The molecular formula is C18H30N2. The summed E-state index contributed by atoms with van der Waals surface area (Å²) in [5, 5.41) is 3.77. The highest BCUT2D eigenvalue weighted by Crippen LogP contribution is 2.19. The minimum Gasteiger partial charge on any atom is -0.311 e. The van der Waals surface area contributed by atoms with Crippen molar-refractivity contribution < 1.29 is 0 Å². The zero-order valence-corrected chi connectivity index (χ0v) is 13.5. The molecule has 1 aromatic carbocycles. The second kappa shape index (κ2) is 7.24. The third kappa shape index (κ3) is 4.32. The maximum atomic E-state index is 3.77. The maximum Gasteiger partial charge on any atom is 0.0236 e. The van der Waals surface area contributed by atoms with E-state index in [1.807, 2.05) is 0 Å². The number of nitrogens with one attached hydrogen (secondary N) is 1. The fraction of sp³-hybridized carbons (Fsp3) is 0.667. The summed E-state index contributed by atoms with van der Waals surface area (Å²) in [5.74, 6) is 0.772. The Morgan fingerprint density at radius 2 is 1.85 bits per heavy atom. The van der Waals surface area contributed by atoms with Crippen molar-refractivity contribution in [2.75, 3.05) is 13.1 Å². The van der Waals surface area contributed by atoms with Crippen molar-refractivity contribution in [1.29, 1.82) is 0 Å². The van der Waals surface area contributed by atoms with E-state index in [2.05, 4.69) is 68.2 Å². The molecule has 1 aromatic rings. The van der Waals surface area contributed by atoms with Crippen LogP contribution in [0.1, 0.15) is 39.7 Å². The SMILES string of the molecule is CC(C)CC1CNC(Cc2ccccc2)CN1C(C)C. The lowest BCUT2D eigenvalue weighted by molar-refractivity contribution is 0.0833. The first-order valence-corrected chi connectivity index (χ1v) is 8.09. The fourth-order valence-electron chi connectivity index (χ4n) is 3.32. The van der Waals surface area contributed by atoms with Gasteiger partial charge in [0.2, 0.25) is 0 Å². The summed E-state index contributed by atoms with van der Waals surface area (Å²) < 4.78 is 0. The standard InChI is InChI=1S/C18H30N2/c1-14(2)10-18-12-19-17(13-20(18)15(3)4)11-16-8-6-5-7-9-16/h5-9,14-15,17-19H,10-13H2,1-4H3. The van der Waals surface area contributed by atoms with E-state index in [0.717, 1.165) is 18.9 Å². The van der Waals surface area contributed by atoms with E-state index in [1.54, 1.807) is 0 Å². The summed E-state index contributed by atoms with van der Waals surface area (Å²) >= 11 is 0. The van der Waals surface area contributed by atoms with E-state index in [9.17, 15) is 0 Å². The molecule has 2 rings (SSSR count). The quantitative estimate of drug-likeness (QED) is 0.886. The van der Waals surface area contributed by atoms with Gasteiger partial charge in [0.1, 0.15) is 0 Å². The van der Waals surface area contributed by atoms with Crippen LogP contribution >= 0.6 is 0 Å². The van der Waals surface area contributed by atoms with E-state index in [1.165, 1.54) is 18.5 Å². The normalized spacial score (nSPS) is 24.5. The summed E-state index contributed by atoms with van der Waals surface area (Å²) in [7, 11) is 0. The van der Waals surface area contributed by atoms with Gasteiger partial charge >= 0.3 is 0 Å². The highest BCUT2D eigenvalue weighted by atomic mass is 15.2. The van der Waals surface area contributed by atoms with Crippen LogP contribution in [0.5, 0.6) is 0 Å². The third-order valence-electron chi connectivity index (χ3n) is 4.27. The summed E-state index contributed by atoms with van der Waals surface area (Å²) in [5.41, 5.74) is 1.44. The molecule has 0 saturated carbocycles. The molecule has 1 fully saturated rings. The Balaban J connectivity index is 1.96. The Hall–Kier alpha value is -0.860. The van der Waals surface area contributed by atoms with E-state index < -0.39 is 0 Å². The predicted molar refractivity (Wildman–Crippen MR) is 87.0 cm³/mol. The molecule has 112 valence electrons. The van der Waals surface area contributed by atoms with Crippen LogP contribution in [0.25, 0.3) is 0 Å². The lowest BCUT2D eigenvalue weighted by Gasteiger charge is -2.43. The second-order valence-electron chi connectivity index (χ2n) is 6.87. The molecule has 0 bridgehead atoms. The lowest BCUT2D eigenvalue weighted by Crippen LogP contribution is -2.59. The molecule has 1 aliphatic rings. The molecule has 0 radical (unpaired) electrons. The molecule has 2 unspecified atom stereocenters. The fourth-order valence-corrected chi connectivity index (χ4v) is 3.32. The lowest BCUT2D eigenvalue weighted by atomic mass is 9.95. The molecule has 1 heterocycles. The van der Waals surface area contributed by atoms with Gasteiger partial charge in [0.25, 0.3) is 0 Å². The molecule has 2 nitrogen and oxygen atoms in total. The maximum absolute atomic E-state index is 3.77. The van der Waals surface area contributed by atoms with Gasteiger partial charge in [0, 0.05) is 31.2 Å². The topological polar surface area (TPSA) is 15.3 Å². The predicted octanol–water partition coefficient (Wildman–Crippen LogP) is 3.33. The Kier molecular flexibility index (Phi) is 5.62. The summed E-state index contributed by atoms with van der Waals surface area (Å²) in [6.45, 7) is 11.6. The zero-order valence-electron chi connectivity index (χ0n) is 13.5. The van der Waals surface area contributed by atoms with Crippen LogP contribution in [0.4, 0.5) is 0 Å². The summed E-state index contributed by atoms with van der Waals surface area (Å²) in [6, 6.07) is 12.8. The van der Waals surface area contributed by atoms with Crippen molar-refractivity contribution in [2.24, 2.45) is 5.92 Å². The van der Waals surface area contributed by atoms with Crippen molar-refractivity contribution in [3.8, 4) is 0 Å². The minimum atomic E-state index is 0.586. The molecule has 1 N–H and O–H groups in total. The van der Waals surface area contributed by atoms with E-state index in [4.69, 9.17) is 0 Å². The van der Waals surface area contributed by atoms with Gasteiger partial charge in [-0.3, -0.25) is 4.90 Å². The van der Waals surface area contributed by atoms with Crippen LogP contribution in [0.2, 0.25) is 0 Å². The second-order valence-corrected chi connectivity index (χ2v) is 6.87. The Bertz CT molecular complexity index is 386. The molecule has 1 saturated heterocycles. The van der Waals surface area contributed by atoms with Crippen LogP contribution in [-0.4, -0.2) is 36.1 Å². The Labute approximate surface area is 124 Å². The van der Waals surface area contributed by atoms with Gasteiger partial charge in [0.15, 0.2) is 0 Å². The van der Waals surface area contributed by atoms with E-state index in [-0.39, 0.29) is 0 Å². The summed E-state index contributed by atoms with van der Waals surface area (Å²) in [4.78, 5) is 2.70. The van der Waals surface area contributed by atoms with Crippen molar-refractivity contribution in [3.05, 3.63) is 35.9 Å². The first kappa shape index (κ1) is 15.5. The number of hydrogen-bond acceptors (Lipinski definition) is 2. The van der Waals surface area contributed by atoms with Gasteiger partial charge in [-0.1, -0.05) is 44.2 Å². The molecule has 0 spiro atoms. The number of hydrogen-bond donors (Lipinski definition) is 1. The van der Waals surface area contributed by atoms with Gasteiger partial charge in [-0.25, -0.2) is 0 Å². The average molecular weight is 274 g/mol. The molecule has 2 heteroatoms. The molecule has 0 aliphatic carbocycles. The van der Waals surface area contributed by atoms with Crippen LogP contribution in [0.3, 0.4) is 0 Å². The average Bonchev–Trinajstić information content (AvgIpc) is 2.41. The Morgan fingerprint density at radius 1 is 1.15 bits per heavy atom. The molecule has 1 aliphatic heterocycles. The van der Waals surface area contributed by atoms with Crippen LogP contribution in [0.15, 0.2) is 30.3 Å². The van der Waals surface area contributed by atoms with Crippen molar-refractivity contribution in [3.63, 3.8) is 0 Å².